The number of hydrogen-bond donors (Lipinski definition) is 1. The molecule has 0 atom stereocenters. The third-order valence-corrected chi connectivity index (χ3v) is 3.50. The Morgan fingerprint density at radius 3 is 2.54 bits per heavy atom. The number of furan rings is 1. The number of esters is 1. The van der Waals surface area contributed by atoms with E-state index in [-0.39, 0.29) is 5.56 Å². The van der Waals surface area contributed by atoms with Crippen molar-refractivity contribution in [2.45, 2.75) is 6.61 Å². The Morgan fingerprint density at radius 1 is 1.12 bits per heavy atom. The molecule has 2 aromatic carbocycles. The van der Waals surface area contributed by atoms with E-state index in [2.05, 4.69) is 4.74 Å². The van der Waals surface area contributed by atoms with Crippen LogP contribution in [0, 0.1) is 0 Å². The van der Waals surface area contributed by atoms with Crippen LogP contribution in [0.25, 0.3) is 22.3 Å². The first-order valence-corrected chi connectivity index (χ1v) is 7.21. The number of amides is 1. The van der Waals surface area contributed by atoms with Crippen LogP contribution in [0.3, 0.4) is 0 Å². The van der Waals surface area contributed by atoms with Crippen LogP contribution in [0.4, 0.5) is 4.79 Å². The second-order valence-electron chi connectivity index (χ2n) is 5.14. The molecule has 24 heavy (non-hydrogen) atoms. The minimum absolute atomic E-state index is 0.160. The Balaban J connectivity index is 2.22. The minimum atomic E-state index is -1.17. The van der Waals surface area contributed by atoms with Crippen LogP contribution in [-0.4, -0.2) is 19.2 Å². The van der Waals surface area contributed by atoms with Gasteiger partial charge in [0.25, 0.3) is 0 Å². The van der Waals surface area contributed by atoms with Gasteiger partial charge in [0.1, 0.15) is 16.9 Å². The highest BCUT2D eigenvalue weighted by Gasteiger charge is 2.24. The molecule has 1 heterocycles. The molecule has 0 unspecified atom stereocenters. The highest BCUT2D eigenvalue weighted by atomic mass is 16.6. The molecule has 122 valence electrons. The number of ether oxygens (including phenoxy) is 2. The molecule has 2 N–H and O–H groups in total. The van der Waals surface area contributed by atoms with Crippen LogP contribution < -0.4 is 5.73 Å². The summed E-state index contributed by atoms with van der Waals surface area (Å²) >= 11 is 0. The molecule has 0 saturated carbocycles. The summed E-state index contributed by atoms with van der Waals surface area (Å²) in [5, 5.41) is 0.537. The highest BCUT2D eigenvalue weighted by molar-refractivity contribution is 6.11. The van der Waals surface area contributed by atoms with Gasteiger partial charge in [0.2, 0.25) is 0 Å². The van der Waals surface area contributed by atoms with Crippen molar-refractivity contribution in [3.63, 3.8) is 0 Å². The molecule has 1 aromatic heterocycles. The van der Waals surface area contributed by atoms with Gasteiger partial charge in [-0.15, -0.1) is 0 Å². The van der Waals surface area contributed by atoms with E-state index in [4.69, 9.17) is 14.9 Å². The van der Waals surface area contributed by atoms with E-state index >= 15 is 0 Å². The average molecular weight is 325 g/mol. The predicted octanol–water partition coefficient (Wildman–Crippen LogP) is 3.48. The number of rotatable bonds is 4. The van der Waals surface area contributed by atoms with E-state index in [1.165, 1.54) is 0 Å². The third kappa shape index (κ3) is 3.00. The first-order valence-electron chi connectivity index (χ1n) is 7.21. The minimum Gasteiger partial charge on any atom is -0.455 e. The molecular formula is C18H15NO5. The molecule has 0 saturated heterocycles. The standard InChI is InChI=1S/C18H15NO5/c1-22-10-11-7-8-14-13(9-11)15(17(20)24-18(19)21)16(23-14)12-5-3-2-4-6-12/h2-9H,10H2,1H3,(H2,19,21). The van der Waals surface area contributed by atoms with Gasteiger partial charge in [-0.2, -0.15) is 0 Å². The summed E-state index contributed by atoms with van der Waals surface area (Å²) in [4.78, 5) is 23.4. The molecular weight excluding hydrogens is 310 g/mol. The van der Waals surface area contributed by atoms with Gasteiger partial charge in [0.05, 0.1) is 6.61 Å². The van der Waals surface area contributed by atoms with Crippen LogP contribution in [0.5, 0.6) is 0 Å². The lowest BCUT2D eigenvalue weighted by Gasteiger charge is -2.03. The van der Waals surface area contributed by atoms with E-state index in [9.17, 15) is 9.59 Å². The van der Waals surface area contributed by atoms with Crippen LogP contribution >= 0.6 is 0 Å². The Labute approximate surface area is 137 Å². The first-order chi connectivity index (χ1) is 11.6. The molecule has 3 aromatic rings. The molecule has 0 aliphatic rings. The number of methoxy groups -OCH3 is 1. The van der Waals surface area contributed by atoms with E-state index in [1.54, 1.807) is 31.4 Å². The molecule has 1 amide bonds. The average Bonchev–Trinajstić information content (AvgIpc) is 2.94. The van der Waals surface area contributed by atoms with Gasteiger partial charge < -0.3 is 19.6 Å². The molecule has 6 nitrogen and oxygen atoms in total. The molecule has 6 heteroatoms. The van der Waals surface area contributed by atoms with Crippen molar-refractivity contribution in [3.05, 3.63) is 59.7 Å². The zero-order valence-electron chi connectivity index (χ0n) is 12.9. The summed E-state index contributed by atoms with van der Waals surface area (Å²) in [5.74, 6) is -0.527. The van der Waals surface area contributed by atoms with Crippen molar-refractivity contribution in [1.29, 1.82) is 0 Å². The lowest BCUT2D eigenvalue weighted by Crippen LogP contribution is -2.18. The van der Waals surface area contributed by atoms with E-state index < -0.39 is 12.1 Å². The SMILES string of the molecule is COCc1ccc2oc(-c3ccccc3)c(C(=O)OC(N)=O)c2c1. The first kappa shape index (κ1) is 15.8. The molecule has 0 aliphatic carbocycles. The zero-order chi connectivity index (χ0) is 17.1. The fourth-order valence-electron chi connectivity index (χ4n) is 2.54. The Hall–Kier alpha value is -3.12. The second kappa shape index (κ2) is 6.55. The summed E-state index contributed by atoms with van der Waals surface area (Å²) in [6, 6.07) is 14.5. The normalized spacial score (nSPS) is 10.7. The van der Waals surface area contributed by atoms with Gasteiger partial charge in [0, 0.05) is 18.1 Å². The topological polar surface area (TPSA) is 91.8 Å². The summed E-state index contributed by atoms with van der Waals surface area (Å²) in [6.07, 6.45) is -1.17. The summed E-state index contributed by atoms with van der Waals surface area (Å²) < 4.78 is 15.5. The molecule has 3 rings (SSSR count). The van der Waals surface area contributed by atoms with Crippen molar-refractivity contribution in [1.82, 2.24) is 0 Å². The quantitative estimate of drug-likeness (QED) is 0.585. The second-order valence-corrected chi connectivity index (χ2v) is 5.14. The van der Waals surface area contributed by atoms with Crippen LogP contribution in [0.15, 0.2) is 52.9 Å². The maximum absolute atomic E-state index is 12.4. The number of benzene rings is 2. The van der Waals surface area contributed by atoms with E-state index in [0.717, 1.165) is 5.56 Å². The predicted molar refractivity (Wildman–Crippen MR) is 87.4 cm³/mol. The zero-order valence-corrected chi connectivity index (χ0v) is 12.9. The highest BCUT2D eigenvalue weighted by Crippen LogP contribution is 2.34. The number of carbonyl (C=O) groups excluding carboxylic acids is 2. The maximum atomic E-state index is 12.4. The largest absolute Gasteiger partial charge is 0.455 e. The third-order valence-electron chi connectivity index (χ3n) is 3.50. The van der Waals surface area contributed by atoms with Gasteiger partial charge in [-0.05, 0) is 17.7 Å². The van der Waals surface area contributed by atoms with E-state index in [1.807, 2.05) is 24.3 Å². The van der Waals surface area contributed by atoms with Crippen LogP contribution in [0.1, 0.15) is 15.9 Å². The summed E-state index contributed by atoms with van der Waals surface area (Å²) in [5.41, 5.74) is 7.19. The maximum Gasteiger partial charge on any atom is 0.412 e. The van der Waals surface area contributed by atoms with Gasteiger partial charge in [-0.3, -0.25) is 0 Å². The van der Waals surface area contributed by atoms with Crippen LogP contribution in [0.2, 0.25) is 0 Å². The molecule has 0 aliphatic heterocycles. The van der Waals surface area contributed by atoms with Gasteiger partial charge in [-0.1, -0.05) is 36.4 Å². The van der Waals surface area contributed by atoms with Crippen molar-refractivity contribution in [2.75, 3.05) is 7.11 Å². The monoisotopic (exact) mass is 325 g/mol. The lowest BCUT2D eigenvalue weighted by atomic mass is 10.0. The Kier molecular flexibility index (Phi) is 4.31. The van der Waals surface area contributed by atoms with Crippen molar-refractivity contribution < 1.29 is 23.5 Å². The van der Waals surface area contributed by atoms with Crippen molar-refractivity contribution >= 4 is 23.0 Å². The summed E-state index contributed by atoms with van der Waals surface area (Å²) in [6.45, 7) is 0.381. The number of primary amides is 1. The number of fused-ring (bicyclic) bond motifs is 1. The van der Waals surface area contributed by atoms with E-state index in [0.29, 0.717) is 28.9 Å². The number of hydrogen-bond acceptors (Lipinski definition) is 5. The van der Waals surface area contributed by atoms with Crippen molar-refractivity contribution in [3.8, 4) is 11.3 Å². The summed E-state index contributed by atoms with van der Waals surface area (Å²) in [7, 11) is 1.58. The number of nitrogens with two attached hydrogens (primary N) is 1. The number of carbonyl (C=O) groups is 2. The smallest absolute Gasteiger partial charge is 0.412 e. The molecule has 0 radical (unpaired) electrons. The van der Waals surface area contributed by atoms with Gasteiger partial charge in [0.15, 0.2) is 0 Å². The van der Waals surface area contributed by atoms with Gasteiger partial charge in [-0.25, -0.2) is 9.59 Å². The molecule has 0 fully saturated rings. The molecule has 0 spiro atoms. The molecule has 0 bridgehead atoms. The fourth-order valence-corrected chi connectivity index (χ4v) is 2.54. The lowest BCUT2D eigenvalue weighted by molar-refractivity contribution is 0.0640. The Bertz CT molecular complexity index is 898. The fraction of sp³-hybridized carbons (Fsp3) is 0.111. The van der Waals surface area contributed by atoms with Crippen molar-refractivity contribution in [2.24, 2.45) is 5.73 Å². The van der Waals surface area contributed by atoms with Crippen LogP contribution in [-0.2, 0) is 16.1 Å². The Morgan fingerprint density at radius 2 is 1.88 bits per heavy atom. The van der Waals surface area contributed by atoms with Gasteiger partial charge >= 0.3 is 12.1 Å².